The van der Waals surface area contributed by atoms with Crippen LogP contribution in [0.5, 0.6) is 0 Å². The quantitative estimate of drug-likeness (QED) is 0.152. The van der Waals surface area contributed by atoms with Crippen LogP contribution in [0.1, 0.15) is 44.5 Å². The van der Waals surface area contributed by atoms with Crippen LogP contribution in [0, 0.1) is 0 Å². The maximum Gasteiger partial charge on any atom is 0.227 e. The van der Waals surface area contributed by atoms with Gasteiger partial charge in [-0.1, -0.05) is 218 Å². The first-order valence-corrected chi connectivity index (χ1v) is 26.9. The van der Waals surface area contributed by atoms with Crippen molar-refractivity contribution in [3.05, 3.63) is 336 Å². The minimum Gasteiger partial charge on any atom is -0.436 e. The van der Waals surface area contributed by atoms with Crippen LogP contribution in [0.4, 0.5) is 0 Å². The average molecular weight is 993 g/mol. The Balaban J connectivity index is 0.899. The van der Waals surface area contributed by atoms with E-state index in [0.717, 1.165) is 44.5 Å². The molecule has 2 aliphatic rings. The van der Waals surface area contributed by atoms with Crippen LogP contribution in [-0.4, -0.2) is 9.55 Å². The van der Waals surface area contributed by atoms with Crippen LogP contribution < -0.4 is 0 Å². The number of hydrogen-bond donors (Lipinski definition) is 0. The highest BCUT2D eigenvalue weighted by atomic mass is 16.3. The summed E-state index contributed by atoms with van der Waals surface area (Å²) in [5.41, 5.74) is 24.9. The molecule has 0 saturated heterocycles. The van der Waals surface area contributed by atoms with Crippen LogP contribution in [0.2, 0.25) is 0 Å². The second-order valence-electron chi connectivity index (χ2n) is 20.9. The van der Waals surface area contributed by atoms with E-state index < -0.39 is 10.8 Å². The van der Waals surface area contributed by atoms with Gasteiger partial charge in [-0.15, -0.1) is 0 Å². The molecule has 0 spiro atoms. The molecule has 14 aromatic rings. The van der Waals surface area contributed by atoms with Crippen LogP contribution in [-0.2, 0) is 10.8 Å². The summed E-state index contributed by atoms with van der Waals surface area (Å²) in [6.07, 6.45) is 0. The van der Waals surface area contributed by atoms with Crippen molar-refractivity contribution in [2.24, 2.45) is 0 Å². The molecule has 16 rings (SSSR count). The molecule has 0 atom stereocenters. The lowest BCUT2D eigenvalue weighted by atomic mass is 9.67. The molecule has 2 heterocycles. The number of oxazole rings is 1. The topological polar surface area (TPSA) is 31.0 Å². The van der Waals surface area contributed by atoms with Gasteiger partial charge in [0.05, 0.1) is 21.9 Å². The van der Waals surface area contributed by atoms with Gasteiger partial charge in [0, 0.05) is 22.0 Å². The predicted molar refractivity (Wildman–Crippen MR) is 319 cm³/mol. The molecule has 0 amide bonds. The molecule has 3 nitrogen and oxygen atoms in total. The van der Waals surface area contributed by atoms with Gasteiger partial charge in [-0.3, -0.25) is 0 Å². The van der Waals surface area contributed by atoms with Gasteiger partial charge in [-0.05, 0) is 162 Å². The maximum absolute atomic E-state index is 6.24. The number of fused-ring (bicyclic) bond motifs is 10. The second kappa shape index (κ2) is 17.2. The number of benzene rings is 12. The Bertz CT molecular complexity index is 4300. The highest BCUT2D eigenvalue weighted by Gasteiger charge is 2.47. The predicted octanol–water partition coefficient (Wildman–Crippen LogP) is 18.7. The van der Waals surface area contributed by atoms with Crippen LogP contribution in [0.3, 0.4) is 0 Å². The summed E-state index contributed by atoms with van der Waals surface area (Å²) in [5.74, 6) is 0.612. The zero-order valence-electron chi connectivity index (χ0n) is 42.5. The molecule has 3 heteroatoms. The summed E-state index contributed by atoms with van der Waals surface area (Å²) in [5, 5.41) is 2.37. The Kier molecular flexibility index (Phi) is 9.77. The first-order chi connectivity index (χ1) is 38.7. The fourth-order valence-corrected chi connectivity index (χ4v) is 13.7. The monoisotopic (exact) mass is 992 g/mol. The molecule has 0 saturated carbocycles. The Labute approximate surface area is 452 Å². The standard InChI is InChI=1S/C75H48N2O/c1-5-19-54(20-6-1)74(55-21-7-2-8-22-55)65-29-15-13-27-59(65)61-41-35-52(47-67(61)74)50-37-43-70-63(45-50)64-46-51(38-44-71(64)77(70)58-39-33-49(34-40-58)73-76-69-31-17-18-32-72(69)78-73)53-36-42-62-60-28-14-16-30-66(60)75(68(62)48-53,56-23-9-3-10-24-56)57-25-11-4-12-26-57/h1-48H. The van der Waals surface area contributed by atoms with E-state index in [0.29, 0.717) is 5.89 Å². The number of nitrogens with zero attached hydrogens (tertiary/aromatic N) is 2. The molecule has 0 radical (unpaired) electrons. The molecule has 12 aromatic carbocycles. The highest BCUT2D eigenvalue weighted by Crippen LogP contribution is 2.58. The number of para-hydroxylation sites is 2. The van der Waals surface area contributed by atoms with Gasteiger partial charge in [0.1, 0.15) is 5.52 Å². The Morgan fingerprint density at radius 1 is 0.295 bits per heavy atom. The summed E-state index contributed by atoms with van der Waals surface area (Å²) < 4.78 is 8.65. The van der Waals surface area contributed by atoms with Gasteiger partial charge in [-0.25, -0.2) is 4.98 Å². The smallest absolute Gasteiger partial charge is 0.227 e. The van der Waals surface area contributed by atoms with Crippen LogP contribution in [0.25, 0.3) is 94.6 Å². The minimum atomic E-state index is -0.501. The summed E-state index contributed by atoms with van der Waals surface area (Å²) in [6.45, 7) is 0. The summed E-state index contributed by atoms with van der Waals surface area (Å²) in [4.78, 5) is 4.83. The van der Waals surface area contributed by atoms with E-state index in [1.807, 2.05) is 24.3 Å². The summed E-state index contributed by atoms with van der Waals surface area (Å²) in [7, 11) is 0. The van der Waals surface area contributed by atoms with E-state index in [2.05, 4.69) is 271 Å². The van der Waals surface area contributed by atoms with Crippen molar-refractivity contribution in [2.75, 3.05) is 0 Å². The molecule has 2 aromatic heterocycles. The Morgan fingerprint density at radius 2 is 0.667 bits per heavy atom. The third kappa shape index (κ3) is 6.36. The van der Waals surface area contributed by atoms with Crippen LogP contribution >= 0.6 is 0 Å². The SMILES string of the molecule is c1ccc(C2(c3ccccc3)c3ccccc3-c3ccc(-c4ccc5c(c4)c4cc(-c6ccc7c(c6)C(c6ccccc6)(c6ccccc6)c6ccccc6-7)ccc4n5-c4ccc(-c5nc6ccccc6o5)cc4)cc32)cc1. The van der Waals surface area contributed by atoms with Gasteiger partial charge in [-0.2, -0.15) is 0 Å². The molecule has 0 N–H and O–H groups in total. The zero-order chi connectivity index (χ0) is 51.4. The summed E-state index contributed by atoms with van der Waals surface area (Å²) in [6, 6.07) is 107. The van der Waals surface area contributed by atoms with E-state index in [4.69, 9.17) is 9.40 Å². The Morgan fingerprint density at radius 3 is 1.13 bits per heavy atom. The first kappa shape index (κ1) is 44.2. The molecule has 0 unspecified atom stereocenters. The molecular weight excluding hydrogens is 945 g/mol. The molecule has 0 bridgehead atoms. The van der Waals surface area contributed by atoms with Crippen molar-refractivity contribution in [3.63, 3.8) is 0 Å². The average Bonchev–Trinajstić information content (AvgIpc) is 4.18. The largest absolute Gasteiger partial charge is 0.436 e. The maximum atomic E-state index is 6.24. The molecule has 78 heavy (non-hydrogen) atoms. The van der Waals surface area contributed by atoms with E-state index in [9.17, 15) is 0 Å². The van der Waals surface area contributed by atoms with Gasteiger partial charge in [0.15, 0.2) is 5.58 Å². The van der Waals surface area contributed by atoms with Crippen molar-refractivity contribution in [1.82, 2.24) is 9.55 Å². The lowest BCUT2D eigenvalue weighted by Gasteiger charge is -2.34. The van der Waals surface area contributed by atoms with Crippen molar-refractivity contribution < 1.29 is 4.42 Å². The van der Waals surface area contributed by atoms with Crippen molar-refractivity contribution in [3.8, 4) is 61.6 Å². The molecule has 0 aliphatic heterocycles. The van der Waals surface area contributed by atoms with Crippen LogP contribution in [0.15, 0.2) is 296 Å². The van der Waals surface area contributed by atoms with E-state index in [1.165, 1.54) is 88.7 Å². The molecular formula is C75H48N2O. The van der Waals surface area contributed by atoms with Crippen molar-refractivity contribution >= 4 is 32.9 Å². The first-order valence-electron chi connectivity index (χ1n) is 26.9. The fourth-order valence-electron chi connectivity index (χ4n) is 13.7. The summed E-state index contributed by atoms with van der Waals surface area (Å²) >= 11 is 0. The number of hydrogen-bond acceptors (Lipinski definition) is 2. The van der Waals surface area contributed by atoms with Crippen molar-refractivity contribution in [1.29, 1.82) is 0 Å². The van der Waals surface area contributed by atoms with E-state index in [-0.39, 0.29) is 0 Å². The highest BCUT2D eigenvalue weighted by molar-refractivity contribution is 6.12. The van der Waals surface area contributed by atoms with E-state index in [1.54, 1.807) is 0 Å². The molecule has 2 aliphatic carbocycles. The van der Waals surface area contributed by atoms with E-state index >= 15 is 0 Å². The lowest BCUT2D eigenvalue weighted by Crippen LogP contribution is -2.28. The lowest BCUT2D eigenvalue weighted by molar-refractivity contribution is 0.620. The third-order valence-corrected chi connectivity index (χ3v) is 17.0. The zero-order valence-corrected chi connectivity index (χ0v) is 42.5. The third-order valence-electron chi connectivity index (χ3n) is 17.0. The fraction of sp³-hybridized carbons (Fsp3) is 0.0267. The molecule has 364 valence electrons. The van der Waals surface area contributed by atoms with Gasteiger partial charge < -0.3 is 8.98 Å². The van der Waals surface area contributed by atoms with Gasteiger partial charge in [0.2, 0.25) is 5.89 Å². The number of rotatable bonds is 8. The molecule has 0 fully saturated rings. The number of aromatic nitrogens is 2. The second-order valence-corrected chi connectivity index (χ2v) is 20.9. The van der Waals surface area contributed by atoms with Gasteiger partial charge >= 0.3 is 0 Å². The minimum absolute atomic E-state index is 0.501. The Hall–Kier alpha value is -10.1. The van der Waals surface area contributed by atoms with Crippen molar-refractivity contribution in [2.45, 2.75) is 10.8 Å². The van der Waals surface area contributed by atoms with Gasteiger partial charge in [0.25, 0.3) is 0 Å². The normalized spacial score (nSPS) is 13.6.